The first-order valence-corrected chi connectivity index (χ1v) is 6.94. The van der Waals surface area contributed by atoms with Crippen molar-refractivity contribution in [2.24, 2.45) is 0 Å². The molecule has 0 atom stereocenters. The Bertz CT molecular complexity index is 566. The molecule has 0 amide bonds. The van der Waals surface area contributed by atoms with E-state index in [0.717, 1.165) is 10.5 Å². The Kier molecular flexibility index (Phi) is 4.33. The van der Waals surface area contributed by atoms with Crippen LogP contribution in [0.25, 0.3) is 0 Å². The third kappa shape index (κ3) is 2.89. The minimum atomic E-state index is 0.00770. The van der Waals surface area contributed by atoms with Crippen molar-refractivity contribution >= 4 is 23.4 Å². The maximum absolute atomic E-state index is 9.37. The zero-order valence-corrected chi connectivity index (χ0v) is 12.0. The Labute approximate surface area is 117 Å². The van der Waals surface area contributed by atoms with Crippen molar-refractivity contribution < 1.29 is 5.11 Å². The van der Waals surface area contributed by atoms with Gasteiger partial charge in [0.1, 0.15) is 0 Å². The predicted molar refractivity (Wildman–Crippen MR) is 77.4 cm³/mol. The monoisotopic (exact) mass is 278 g/mol. The molecule has 0 heterocycles. The van der Waals surface area contributed by atoms with Crippen LogP contribution in [0.2, 0.25) is 5.02 Å². The van der Waals surface area contributed by atoms with Crippen molar-refractivity contribution in [3.63, 3.8) is 0 Å². The quantitative estimate of drug-likeness (QED) is 0.885. The first-order chi connectivity index (χ1) is 8.61. The van der Waals surface area contributed by atoms with Crippen LogP contribution in [0.15, 0.2) is 46.2 Å². The summed E-state index contributed by atoms with van der Waals surface area (Å²) in [6.07, 6.45) is 0. The van der Waals surface area contributed by atoms with Gasteiger partial charge in [-0.1, -0.05) is 47.6 Å². The van der Waals surface area contributed by atoms with Gasteiger partial charge in [0.15, 0.2) is 0 Å². The molecule has 0 bridgehead atoms. The number of aryl methyl sites for hydroxylation is 2. The molecule has 18 heavy (non-hydrogen) atoms. The van der Waals surface area contributed by atoms with Crippen LogP contribution in [0.5, 0.6) is 0 Å². The molecule has 0 radical (unpaired) electrons. The molecule has 1 nitrogen and oxygen atoms in total. The SMILES string of the molecule is Cc1ccc(C)c(Sc2c(Cl)cccc2CO)c1. The van der Waals surface area contributed by atoms with Crippen molar-refractivity contribution in [3.05, 3.63) is 58.1 Å². The number of halogens is 1. The smallest absolute Gasteiger partial charge is 0.0693 e. The average Bonchev–Trinajstić information content (AvgIpc) is 2.36. The summed E-state index contributed by atoms with van der Waals surface area (Å²) < 4.78 is 0. The molecular formula is C15H15ClOS. The Morgan fingerprint density at radius 3 is 2.67 bits per heavy atom. The van der Waals surface area contributed by atoms with Gasteiger partial charge < -0.3 is 5.11 Å². The van der Waals surface area contributed by atoms with Gasteiger partial charge in [0, 0.05) is 9.79 Å². The average molecular weight is 279 g/mol. The Balaban J connectivity index is 2.42. The summed E-state index contributed by atoms with van der Waals surface area (Å²) >= 11 is 7.83. The maximum atomic E-state index is 9.37. The summed E-state index contributed by atoms with van der Waals surface area (Å²) in [5, 5.41) is 10.1. The molecule has 0 unspecified atom stereocenters. The first kappa shape index (κ1) is 13.5. The van der Waals surface area contributed by atoms with Gasteiger partial charge in [-0.2, -0.15) is 0 Å². The normalized spacial score (nSPS) is 10.7. The molecule has 0 aliphatic carbocycles. The molecule has 0 spiro atoms. The van der Waals surface area contributed by atoms with Gasteiger partial charge in [-0.05, 0) is 42.7 Å². The summed E-state index contributed by atoms with van der Waals surface area (Å²) in [6, 6.07) is 12.0. The van der Waals surface area contributed by atoms with Gasteiger partial charge in [-0.25, -0.2) is 0 Å². The summed E-state index contributed by atoms with van der Waals surface area (Å²) in [5.74, 6) is 0. The number of hydrogen-bond donors (Lipinski definition) is 1. The van der Waals surface area contributed by atoms with E-state index in [0.29, 0.717) is 5.02 Å². The second kappa shape index (κ2) is 5.79. The lowest BCUT2D eigenvalue weighted by molar-refractivity contribution is 0.279. The van der Waals surface area contributed by atoms with Gasteiger partial charge in [-0.3, -0.25) is 0 Å². The van der Waals surface area contributed by atoms with E-state index in [1.165, 1.54) is 16.0 Å². The van der Waals surface area contributed by atoms with Gasteiger partial charge in [0.2, 0.25) is 0 Å². The van der Waals surface area contributed by atoms with Crippen LogP contribution in [-0.4, -0.2) is 5.11 Å². The number of benzene rings is 2. The van der Waals surface area contributed by atoms with E-state index in [4.69, 9.17) is 11.6 Å². The van der Waals surface area contributed by atoms with Gasteiger partial charge in [0.25, 0.3) is 0 Å². The minimum absolute atomic E-state index is 0.00770. The molecule has 94 valence electrons. The highest BCUT2D eigenvalue weighted by atomic mass is 35.5. The molecule has 0 aliphatic rings. The largest absolute Gasteiger partial charge is 0.392 e. The van der Waals surface area contributed by atoms with E-state index in [2.05, 4.69) is 32.0 Å². The first-order valence-electron chi connectivity index (χ1n) is 5.75. The Morgan fingerprint density at radius 1 is 1.17 bits per heavy atom. The van der Waals surface area contributed by atoms with E-state index >= 15 is 0 Å². The fourth-order valence-corrected chi connectivity index (χ4v) is 3.15. The molecule has 2 aromatic rings. The number of aliphatic hydroxyl groups is 1. The van der Waals surface area contributed by atoms with E-state index in [1.807, 2.05) is 18.2 Å². The van der Waals surface area contributed by atoms with Crippen LogP contribution in [0.4, 0.5) is 0 Å². The lowest BCUT2D eigenvalue weighted by Gasteiger charge is -2.11. The van der Waals surface area contributed by atoms with Gasteiger partial charge >= 0.3 is 0 Å². The summed E-state index contributed by atoms with van der Waals surface area (Å²) in [7, 11) is 0. The summed E-state index contributed by atoms with van der Waals surface area (Å²) in [5.41, 5.74) is 3.31. The number of aliphatic hydroxyl groups excluding tert-OH is 1. The summed E-state index contributed by atoms with van der Waals surface area (Å²) in [6.45, 7) is 4.16. The molecular weight excluding hydrogens is 264 g/mol. The molecule has 0 saturated heterocycles. The van der Waals surface area contributed by atoms with Crippen molar-refractivity contribution in [1.29, 1.82) is 0 Å². The second-order valence-electron chi connectivity index (χ2n) is 4.26. The van der Waals surface area contributed by atoms with Crippen LogP contribution in [0.3, 0.4) is 0 Å². The molecule has 2 rings (SSSR count). The van der Waals surface area contributed by atoms with E-state index in [9.17, 15) is 5.11 Å². The highest BCUT2D eigenvalue weighted by Crippen LogP contribution is 2.37. The lowest BCUT2D eigenvalue weighted by atomic mass is 10.2. The van der Waals surface area contributed by atoms with Crippen LogP contribution < -0.4 is 0 Å². The second-order valence-corrected chi connectivity index (χ2v) is 5.72. The van der Waals surface area contributed by atoms with Crippen LogP contribution in [0.1, 0.15) is 16.7 Å². The maximum Gasteiger partial charge on any atom is 0.0693 e. The molecule has 1 N–H and O–H groups in total. The van der Waals surface area contributed by atoms with Crippen molar-refractivity contribution in [2.75, 3.05) is 0 Å². The Morgan fingerprint density at radius 2 is 1.94 bits per heavy atom. The van der Waals surface area contributed by atoms with Crippen LogP contribution in [0, 0.1) is 13.8 Å². The van der Waals surface area contributed by atoms with Gasteiger partial charge in [-0.15, -0.1) is 0 Å². The van der Waals surface area contributed by atoms with Crippen molar-refractivity contribution in [3.8, 4) is 0 Å². The lowest BCUT2D eigenvalue weighted by Crippen LogP contribution is -1.89. The minimum Gasteiger partial charge on any atom is -0.392 e. The van der Waals surface area contributed by atoms with Crippen LogP contribution in [-0.2, 0) is 6.61 Å². The number of rotatable bonds is 3. The fourth-order valence-electron chi connectivity index (χ4n) is 1.72. The molecule has 3 heteroatoms. The molecule has 0 aromatic heterocycles. The zero-order chi connectivity index (χ0) is 13.1. The zero-order valence-electron chi connectivity index (χ0n) is 10.4. The highest BCUT2D eigenvalue weighted by molar-refractivity contribution is 7.99. The third-order valence-electron chi connectivity index (χ3n) is 2.77. The van der Waals surface area contributed by atoms with E-state index in [1.54, 1.807) is 11.8 Å². The third-order valence-corrected chi connectivity index (χ3v) is 4.55. The van der Waals surface area contributed by atoms with E-state index in [-0.39, 0.29) is 6.61 Å². The van der Waals surface area contributed by atoms with E-state index < -0.39 is 0 Å². The van der Waals surface area contributed by atoms with Crippen molar-refractivity contribution in [2.45, 2.75) is 30.2 Å². The molecule has 0 fully saturated rings. The molecule has 0 aliphatic heterocycles. The molecule has 2 aromatic carbocycles. The van der Waals surface area contributed by atoms with Crippen molar-refractivity contribution in [1.82, 2.24) is 0 Å². The Hall–Kier alpha value is -0.960. The summed E-state index contributed by atoms with van der Waals surface area (Å²) in [4.78, 5) is 2.12. The molecule has 0 saturated carbocycles. The fraction of sp³-hybridized carbons (Fsp3) is 0.200. The standard InChI is InChI=1S/C15H15ClOS/c1-10-6-7-11(2)14(8-10)18-15-12(9-17)4-3-5-13(15)16/h3-8,17H,9H2,1-2H3. The highest BCUT2D eigenvalue weighted by Gasteiger charge is 2.09. The van der Waals surface area contributed by atoms with Gasteiger partial charge in [0.05, 0.1) is 11.6 Å². The number of hydrogen-bond acceptors (Lipinski definition) is 2. The topological polar surface area (TPSA) is 20.2 Å². The predicted octanol–water partition coefficient (Wildman–Crippen LogP) is 4.60. The van der Waals surface area contributed by atoms with Crippen LogP contribution >= 0.6 is 23.4 Å².